The molecular weight excluding hydrogens is 338 g/mol. The second kappa shape index (κ2) is 9.65. The third kappa shape index (κ3) is 5.90. The minimum atomic E-state index is 0.204. The van der Waals surface area contributed by atoms with Crippen LogP contribution in [0.1, 0.15) is 30.4 Å². The lowest BCUT2D eigenvalue weighted by molar-refractivity contribution is 0.164. The van der Waals surface area contributed by atoms with Crippen LogP contribution < -0.4 is 9.47 Å². The third-order valence-electron chi connectivity index (χ3n) is 5.48. The zero-order valence-electron chi connectivity index (χ0n) is 16.5. The van der Waals surface area contributed by atoms with E-state index in [9.17, 15) is 5.11 Å². The Morgan fingerprint density at radius 3 is 2.52 bits per heavy atom. The molecule has 4 heteroatoms. The Kier molecular flexibility index (Phi) is 6.99. The lowest BCUT2D eigenvalue weighted by Crippen LogP contribution is -2.35. The summed E-state index contributed by atoms with van der Waals surface area (Å²) in [6, 6.07) is 13.9. The van der Waals surface area contributed by atoms with E-state index in [0.29, 0.717) is 5.75 Å². The van der Waals surface area contributed by atoms with Gasteiger partial charge < -0.3 is 19.5 Å². The first-order valence-electron chi connectivity index (χ1n) is 9.92. The van der Waals surface area contributed by atoms with Gasteiger partial charge in [-0.25, -0.2) is 0 Å². The van der Waals surface area contributed by atoms with Crippen LogP contribution in [0.3, 0.4) is 0 Å². The number of hydrogen-bond acceptors (Lipinski definition) is 4. The lowest BCUT2D eigenvalue weighted by Gasteiger charge is -2.32. The average molecular weight is 370 g/mol. The number of benzene rings is 2. The van der Waals surface area contributed by atoms with Crippen LogP contribution in [0.4, 0.5) is 0 Å². The van der Waals surface area contributed by atoms with Gasteiger partial charge in [0.25, 0.3) is 0 Å². The molecule has 1 fully saturated rings. The fourth-order valence-electron chi connectivity index (χ4n) is 3.64. The maximum atomic E-state index is 9.69. The zero-order chi connectivity index (χ0) is 19.1. The molecule has 2 aromatic carbocycles. The summed E-state index contributed by atoms with van der Waals surface area (Å²) in [5.74, 6) is 2.50. The number of aryl methyl sites for hydroxylation is 1. The summed E-state index contributed by atoms with van der Waals surface area (Å²) in [6.07, 6.45) is 4.61. The Bertz CT molecular complexity index is 706. The third-order valence-corrected chi connectivity index (χ3v) is 5.48. The SMILES string of the molecule is COc1cc(CCN2CCC(CCOc3ccc(C)cc3)CC2)ccc1O. The van der Waals surface area contributed by atoms with Crippen molar-refractivity contribution in [3.05, 3.63) is 53.6 Å². The monoisotopic (exact) mass is 369 g/mol. The van der Waals surface area contributed by atoms with Crippen molar-refractivity contribution in [1.29, 1.82) is 0 Å². The summed E-state index contributed by atoms with van der Waals surface area (Å²) in [5.41, 5.74) is 2.47. The van der Waals surface area contributed by atoms with Crippen molar-refractivity contribution in [3.8, 4) is 17.2 Å². The van der Waals surface area contributed by atoms with Crippen molar-refractivity contribution in [3.63, 3.8) is 0 Å². The van der Waals surface area contributed by atoms with E-state index in [1.165, 1.54) is 24.0 Å². The van der Waals surface area contributed by atoms with Crippen molar-refractivity contribution >= 4 is 0 Å². The molecule has 0 aromatic heterocycles. The highest BCUT2D eigenvalue weighted by molar-refractivity contribution is 5.41. The van der Waals surface area contributed by atoms with Gasteiger partial charge in [0.2, 0.25) is 0 Å². The van der Waals surface area contributed by atoms with Crippen LogP contribution in [-0.4, -0.2) is 43.4 Å². The summed E-state index contributed by atoms with van der Waals surface area (Å²) in [7, 11) is 1.59. The second-order valence-electron chi connectivity index (χ2n) is 7.49. The molecular formula is C23H31NO3. The predicted octanol–water partition coefficient (Wildman–Crippen LogP) is 4.43. The van der Waals surface area contributed by atoms with Crippen LogP contribution >= 0.6 is 0 Å². The lowest BCUT2D eigenvalue weighted by atomic mass is 9.93. The van der Waals surface area contributed by atoms with E-state index in [2.05, 4.69) is 36.1 Å². The summed E-state index contributed by atoms with van der Waals surface area (Å²) in [6.45, 7) is 6.27. The molecule has 1 aliphatic heterocycles. The molecule has 4 nitrogen and oxygen atoms in total. The number of nitrogens with zero attached hydrogens (tertiary/aromatic N) is 1. The van der Waals surface area contributed by atoms with Crippen molar-refractivity contribution in [2.45, 2.75) is 32.6 Å². The van der Waals surface area contributed by atoms with E-state index in [1.807, 2.05) is 12.1 Å². The molecule has 0 radical (unpaired) electrons. The van der Waals surface area contributed by atoms with Crippen molar-refractivity contribution in [1.82, 2.24) is 4.90 Å². The normalized spacial score (nSPS) is 15.6. The highest BCUT2D eigenvalue weighted by atomic mass is 16.5. The number of methoxy groups -OCH3 is 1. The first-order valence-corrected chi connectivity index (χ1v) is 9.92. The second-order valence-corrected chi connectivity index (χ2v) is 7.49. The fourth-order valence-corrected chi connectivity index (χ4v) is 3.64. The number of likely N-dealkylation sites (tertiary alicyclic amines) is 1. The van der Waals surface area contributed by atoms with Gasteiger partial charge in [-0.15, -0.1) is 0 Å². The van der Waals surface area contributed by atoms with Gasteiger partial charge in [-0.1, -0.05) is 23.8 Å². The summed E-state index contributed by atoms with van der Waals surface area (Å²) < 4.78 is 11.1. The van der Waals surface area contributed by atoms with E-state index >= 15 is 0 Å². The smallest absolute Gasteiger partial charge is 0.160 e. The molecule has 0 saturated carbocycles. The van der Waals surface area contributed by atoms with Crippen LogP contribution in [-0.2, 0) is 6.42 Å². The van der Waals surface area contributed by atoms with E-state index < -0.39 is 0 Å². The number of rotatable bonds is 8. The summed E-state index contributed by atoms with van der Waals surface area (Å²) in [4.78, 5) is 2.54. The van der Waals surface area contributed by atoms with Gasteiger partial charge in [0, 0.05) is 6.54 Å². The Hall–Kier alpha value is -2.20. The topological polar surface area (TPSA) is 41.9 Å². The van der Waals surface area contributed by atoms with Gasteiger partial charge in [0.05, 0.1) is 13.7 Å². The van der Waals surface area contributed by atoms with Crippen LogP contribution in [0.25, 0.3) is 0 Å². The van der Waals surface area contributed by atoms with Gasteiger partial charge >= 0.3 is 0 Å². The fraction of sp³-hybridized carbons (Fsp3) is 0.478. The van der Waals surface area contributed by atoms with E-state index in [-0.39, 0.29) is 5.75 Å². The quantitative estimate of drug-likeness (QED) is 0.747. The number of phenolic OH excluding ortho intramolecular Hbond substituents is 1. The van der Waals surface area contributed by atoms with Gasteiger partial charge in [0.15, 0.2) is 11.5 Å². The largest absolute Gasteiger partial charge is 0.504 e. The van der Waals surface area contributed by atoms with Crippen molar-refractivity contribution in [2.24, 2.45) is 5.92 Å². The Morgan fingerprint density at radius 1 is 1.07 bits per heavy atom. The predicted molar refractivity (Wildman–Crippen MR) is 109 cm³/mol. The standard InChI is InChI=1S/C23H31NO3/c1-18-3-6-21(7-4-18)27-16-12-19-9-13-24(14-10-19)15-11-20-5-8-22(25)23(17-20)26-2/h3-8,17,19,25H,9-16H2,1-2H3. The molecule has 0 atom stereocenters. The number of aromatic hydroxyl groups is 1. The molecule has 3 rings (SSSR count). The van der Waals surface area contributed by atoms with Crippen molar-refractivity contribution < 1.29 is 14.6 Å². The number of hydrogen-bond donors (Lipinski definition) is 1. The molecule has 0 amide bonds. The molecule has 0 bridgehead atoms. The van der Waals surface area contributed by atoms with Crippen LogP contribution in [0.2, 0.25) is 0 Å². The molecule has 1 aliphatic rings. The summed E-state index contributed by atoms with van der Waals surface area (Å²) in [5, 5.41) is 9.69. The molecule has 0 spiro atoms. The minimum absolute atomic E-state index is 0.204. The number of piperidine rings is 1. The maximum Gasteiger partial charge on any atom is 0.160 e. The molecule has 1 saturated heterocycles. The zero-order valence-corrected chi connectivity index (χ0v) is 16.5. The average Bonchev–Trinajstić information content (AvgIpc) is 2.70. The molecule has 0 aliphatic carbocycles. The van der Waals surface area contributed by atoms with E-state index in [0.717, 1.165) is 50.8 Å². The molecule has 0 unspecified atom stereocenters. The molecule has 1 N–H and O–H groups in total. The number of ether oxygens (including phenoxy) is 2. The summed E-state index contributed by atoms with van der Waals surface area (Å²) >= 11 is 0. The highest BCUT2D eigenvalue weighted by Crippen LogP contribution is 2.27. The number of phenols is 1. The van der Waals surface area contributed by atoms with E-state index in [4.69, 9.17) is 9.47 Å². The van der Waals surface area contributed by atoms with Gasteiger partial charge in [-0.3, -0.25) is 0 Å². The van der Waals surface area contributed by atoms with Crippen molar-refractivity contribution in [2.75, 3.05) is 33.4 Å². The molecule has 2 aromatic rings. The Labute approximate surface area is 162 Å². The maximum absolute atomic E-state index is 9.69. The molecule has 27 heavy (non-hydrogen) atoms. The first kappa shape index (κ1) is 19.6. The minimum Gasteiger partial charge on any atom is -0.504 e. The van der Waals surface area contributed by atoms with Gasteiger partial charge in [0.1, 0.15) is 5.75 Å². The van der Waals surface area contributed by atoms with Gasteiger partial charge in [-0.05, 0) is 81.4 Å². The Balaban J connectivity index is 1.34. The van der Waals surface area contributed by atoms with E-state index in [1.54, 1.807) is 13.2 Å². The van der Waals surface area contributed by atoms with Gasteiger partial charge in [-0.2, -0.15) is 0 Å². The van der Waals surface area contributed by atoms with Crippen LogP contribution in [0.5, 0.6) is 17.2 Å². The highest BCUT2D eigenvalue weighted by Gasteiger charge is 2.19. The molecule has 146 valence electrons. The first-order chi connectivity index (χ1) is 13.1. The Morgan fingerprint density at radius 2 is 1.81 bits per heavy atom. The van der Waals surface area contributed by atoms with Crippen LogP contribution in [0.15, 0.2) is 42.5 Å². The van der Waals surface area contributed by atoms with Crippen LogP contribution in [0, 0.1) is 12.8 Å². The molecule has 1 heterocycles.